The van der Waals surface area contributed by atoms with E-state index in [1.165, 1.54) is 12.8 Å². The van der Waals surface area contributed by atoms with Crippen LogP contribution in [0.2, 0.25) is 0 Å². The Morgan fingerprint density at radius 3 is 2.94 bits per heavy atom. The molecule has 1 aliphatic carbocycles. The van der Waals surface area contributed by atoms with Crippen molar-refractivity contribution in [1.82, 2.24) is 14.9 Å². The smallest absolute Gasteiger partial charge is 0.221 e. The fourth-order valence-corrected chi connectivity index (χ4v) is 1.86. The zero-order chi connectivity index (χ0) is 12.4. The number of hydrogen-bond acceptors (Lipinski definition) is 5. The molecule has 94 valence electrons. The molecular weight excluding hydrogens is 214 g/mol. The van der Waals surface area contributed by atoms with E-state index in [4.69, 9.17) is 5.73 Å². The summed E-state index contributed by atoms with van der Waals surface area (Å²) in [6.45, 7) is 5.09. The Labute approximate surface area is 102 Å². The molecule has 0 radical (unpaired) electrons. The molecule has 1 aromatic heterocycles. The molecule has 1 fully saturated rings. The van der Waals surface area contributed by atoms with Crippen molar-refractivity contribution >= 4 is 11.8 Å². The average molecular weight is 235 g/mol. The Kier molecular flexibility index (Phi) is 3.47. The molecule has 3 N–H and O–H groups in total. The lowest BCUT2D eigenvalue weighted by molar-refractivity contribution is 0.257. The summed E-state index contributed by atoms with van der Waals surface area (Å²) in [6, 6.07) is 1.28. The Bertz CT molecular complexity index is 388. The lowest BCUT2D eigenvalue weighted by atomic mass is 10.2. The number of aryl methyl sites for hydroxylation is 1. The van der Waals surface area contributed by atoms with Crippen LogP contribution in [0.5, 0.6) is 0 Å². The number of nitrogen functional groups attached to an aromatic ring is 1. The molecule has 1 saturated carbocycles. The van der Waals surface area contributed by atoms with Crippen molar-refractivity contribution in [1.29, 1.82) is 0 Å². The molecule has 1 atom stereocenters. The Morgan fingerprint density at radius 2 is 2.29 bits per heavy atom. The number of likely N-dealkylation sites (N-methyl/N-ethyl adjacent to an activating group) is 1. The van der Waals surface area contributed by atoms with Crippen LogP contribution in [0.4, 0.5) is 11.8 Å². The first-order chi connectivity index (χ1) is 8.08. The van der Waals surface area contributed by atoms with Gasteiger partial charge in [-0.1, -0.05) is 0 Å². The van der Waals surface area contributed by atoms with Crippen LogP contribution >= 0.6 is 0 Å². The van der Waals surface area contributed by atoms with Gasteiger partial charge in [-0.15, -0.1) is 0 Å². The normalized spacial score (nSPS) is 17.2. The average Bonchev–Trinajstić information content (AvgIpc) is 3.13. The standard InChI is InChI=1S/C12H21N5/c1-8-6-15-12(13)16-11(8)14-7-9(2)17(3)10-4-5-10/h6,9-10H,4-5,7H2,1-3H3,(H3,13,14,15,16). The summed E-state index contributed by atoms with van der Waals surface area (Å²) in [5, 5.41) is 3.34. The topological polar surface area (TPSA) is 67.1 Å². The quantitative estimate of drug-likeness (QED) is 0.804. The van der Waals surface area contributed by atoms with Crippen LogP contribution in [0.15, 0.2) is 6.20 Å². The lowest BCUT2D eigenvalue weighted by Gasteiger charge is -2.25. The summed E-state index contributed by atoms with van der Waals surface area (Å²) >= 11 is 0. The minimum atomic E-state index is 0.321. The van der Waals surface area contributed by atoms with Gasteiger partial charge in [-0.05, 0) is 33.7 Å². The molecule has 5 heteroatoms. The molecule has 0 spiro atoms. The second kappa shape index (κ2) is 4.87. The number of anilines is 2. The van der Waals surface area contributed by atoms with Gasteiger partial charge in [0.15, 0.2) is 0 Å². The third kappa shape index (κ3) is 3.06. The Balaban J connectivity index is 1.90. The number of aromatic nitrogens is 2. The molecule has 1 unspecified atom stereocenters. The van der Waals surface area contributed by atoms with E-state index in [2.05, 4.69) is 34.2 Å². The van der Waals surface area contributed by atoms with Gasteiger partial charge in [-0.3, -0.25) is 4.90 Å². The van der Waals surface area contributed by atoms with Gasteiger partial charge in [-0.2, -0.15) is 4.98 Å². The summed E-state index contributed by atoms with van der Waals surface area (Å²) < 4.78 is 0. The summed E-state index contributed by atoms with van der Waals surface area (Å²) in [6.07, 6.45) is 4.42. The first-order valence-corrected chi connectivity index (χ1v) is 6.13. The maximum absolute atomic E-state index is 5.58. The van der Waals surface area contributed by atoms with Crippen molar-refractivity contribution in [3.05, 3.63) is 11.8 Å². The van der Waals surface area contributed by atoms with Crippen LogP contribution in [0.25, 0.3) is 0 Å². The van der Waals surface area contributed by atoms with E-state index in [-0.39, 0.29) is 0 Å². The van der Waals surface area contributed by atoms with E-state index >= 15 is 0 Å². The van der Waals surface area contributed by atoms with E-state index in [1.807, 2.05) is 6.92 Å². The molecule has 1 heterocycles. The fourth-order valence-electron chi connectivity index (χ4n) is 1.86. The highest BCUT2D eigenvalue weighted by Gasteiger charge is 2.28. The third-order valence-electron chi connectivity index (χ3n) is 3.37. The molecule has 0 bridgehead atoms. The predicted molar refractivity (Wildman–Crippen MR) is 69.9 cm³/mol. The maximum Gasteiger partial charge on any atom is 0.221 e. The number of nitrogens with zero attached hydrogens (tertiary/aromatic N) is 3. The highest BCUT2D eigenvalue weighted by atomic mass is 15.2. The van der Waals surface area contributed by atoms with Gasteiger partial charge in [0.2, 0.25) is 5.95 Å². The van der Waals surface area contributed by atoms with E-state index in [1.54, 1.807) is 6.20 Å². The summed E-state index contributed by atoms with van der Waals surface area (Å²) in [5.41, 5.74) is 6.61. The van der Waals surface area contributed by atoms with Gasteiger partial charge in [0.1, 0.15) is 5.82 Å². The highest BCUT2D eigenvalue weighted by Crippen LogP contribution is 2.27. The van der Waals surface area contributed by atoms with Crippen molar-refractivity contribution < 1.29 is 0 Å². The van der Waals surface area contributed by atoms with Crippen LogP contribution in [-0.2, 0) is 0 Å². The number of nitrogens with two attached hydrogens (primary N) is 1. The van der Waals surface area contributed by atoms with Crippen molar-refractivity contribution in [2.75, 3.05) is 24.6 Å². The number of rotatable bonds is 5. The number of nitrogens with one attached hydrogen (secondary N) is 1. The van der Waals surface area contributed by atoms with E-state index in [0.717, 1.165) is 24.0 Å². The monoisotopic (exact) mass is 235 g/mol. The largest absolute Gasteiger partial charge is 0.368 e. The molecule has 2 rings (SSSR count). The first-order valence-electron chi connectivity index (χ1n) is 6.13. The van der Waals surface area contributed by atoms with Crippen LogP contribution in [-0.4, -0.2) is 40.5 Å². The van der Waals surface area contributed by atoms with Gasteiger partial charge in [-0.25, -0.2) is 4.98 Å². The van der Waals surface area contributed by atoms with Crippen LogP contribution in [0.3, 0.4) is 0 Å². The van der Waals surface area contributed by atoms with Gasteiger partial charge in [0.05, 0.1) is 0 Å². The SMILES string of the molecule is Cc1cnc(N)nc1NCC(C)N(C)C1CC1. The van der Waals surface area contributed by atoms with Crippen LogP contribution in [0.1, 0.15) is 25.3 Å². The predicted octanol–water partition coefficient (Wildman–Crippen LogP) is 1.26. The molecular formula is C12H21N5. The van der Waals surface area contributed by atoms with Crippen molar-refractivity contribution in [2.45, 2.75) is 38.8 Å². The molecule has 0 aliphatic heterocycles. The number of hydrogen-bond donors (Lipinski definition) is 2. The Hall–Kier alpha value is -1.36. The van der Waals surface area contributed by atoms with Gasteiger partial charge in [0.25, 0.3) is 0 Å². The summed E-state index contributed by atoms with van der Waals surface area (Å²) in [7, 11) is 2.19. The minimum Gasteiger partial charge on any atom is -0.368 e. The molecule has 17 heavy (non-hydrogen) atoms. The molecule has 0 aromatic carbocycles. The zero-order valence-electron chi connectivity index (χ0n) is 10.8. The molecule has 5 nitrogen and oxygen atoms in total. The van der Waals surface area contributed by atoms with Crippen molar-refractivity contribution in [3.8, 4) is 0 Å². The third-order valence-corrected chi connectivity index (χ3v) is 3.37. The van der Waals surface area contributed by atoms with E-state index in [0.29, 0.717) is 12.0 Å². The summed E-state index contributed by atoms with van der Waals surface area (Å²) in [5.74, 6) is 1.16. The summed E-state index contributed by atoms with van der Waals surface area (Å²) in [4.78, 5) is 10.6. The molecule has 1 aromatic rings. The first kappa shape index (κ1) is 12.1. The van der Waals surface area contributed by atoms with Crippen molar-refractivity contribution in [3.63, 3.8) is 0 Å². The minimum absolute atomic E-state index is 0.321. The molecule has 0 saturated heterocycles. The highest BCUT2D eigenvalue weighted by molar-refractivity contribution is 5.45. The van der Waals surface area contributed by atoms with Crippen molar-refractivity contribution in [2.24, 2.45) is 0 Å². The maximum atomic E-state index is 5.58. The second-order valence-electron chi connectivity index (χ2n) is 4.89. The van der Waals surface area contributed by atoms with E-state index in [9.17, 15) is 0 Å². The van der Waals surface area contributed by atoms with Crippen LogP contribution in [0, 0.1) is 6.92 Å². The Morgan fingerprint density at radius 1 is 1.59 bits per heavy atom. The lowest BCUT2D eigenvalue weighted by Crippen LogP contribution is -2.36. The molecule has 1 aliphatic rings. The van der Waals surface area contributed by atoms with Crippen LogP contribution < -0.4 is 11.1 Å². The second-order valence-corrected chi connectivity index (χ2v) is 4.89. The van der Waals surface area contributed by atoms with Gasteiger partial charge < -0.3 is 11.1 Å². The zero-order valence-corrected chi connectivity index (χ0v) is 10.8. The van der Waals surface area contributed by atoms with E-state index < -0.39 is 0 Å². The van der Waals surface area contributed by atoms with Gasteiger partial charge >= 0.3 is 0 Å². The fraction of sp³-hybridized carbons (Fsp3) is 0.667. The van der Waals surface area contributed by atoms with Gasteiger partial charge in [0, 0.05) is 30.4 Å². The molecule has 0 amide bonds.